The van der Waals surface area contributed by atoms with Crippen LogP contribution in [0.3, 0.4) is 0 Å². The molecule has 0 amide bonds. The van der Waals surface area contributed by atoms with Gasteiger partial charge >= 0.3 is 7.82 Å². The SMILES string of the molecule is Cc1ccc(OOP(=O)(OOc2ccc(C)cc2-c2ccccc2-c2ccccc2)OOc2ccc(C)cc2-c2ccccc2-c2ccccc2)c(-c2ccccc2-c2ccccc2)c1. The van der Waals surface area contributed by atoms with Gasteiger partial charge < -0.3 is 14.7 Å². The van der Waals surface area contributed by atoms with E-state index in [1.807, 2.05) is 221 Å². The maximum atomic E-state index is 15.1. The van der Waals surface area contributed by atoms with Crippen molar-refractivity contribution in [2.75, 3.05) is 0 Å². The molecule has 0 atom stereocenters. The van der Waals surface area contributed by atoms with E-state index in [1.165, 1.54) is 0 Å². The molecular formula is C57H45O7P. The maximum Gasteiger partial charge on any atom is 0.583 e. The molecule has 0 saturated carbocycles. The van der Waals surface area contributed by atoms with E-state index >= 15 is 4.57 Å². The molecule has 7 nitrogen and oxygen atoms in total. The fourth-order valence-electron chi connectivity index (χ4n) is 7.84. The van der Waals surface area contributed by atoms with Gasteiger partial charge in [-0.15, -0.1) is 0 Å². The monoisotopic (exact) mass is 872 g/mol. The quantitative estimate of drug-likeness (QED) is 0.0577. The van der Waals surface area contributed by atoms with Crippen molar-refractivity contribution >= 4 is 7.82 Å². The molecule has 0 saturated heterocycles. The van der Waals surface area contributed by atoms with Crippen LogP contribution in [-0.2, 0) is 18.6 Å². The molecule has 0 N–H and O–H groups in total. The second kappa shape index (κ2) is 19.5. The lowest BCUT2D eigenvalue weighted by Crippen LogP contribution is -2.09. The number of hydrogen-bond donors (Lipinski definition) is 0. The summed E-state index contributed by atoms with van der Waals surface area (Å²) in [6.45, 7) is 5.97. The van der Waals surface area contributed by atoms with Gasteiger partial charge in [0.25, 0.3) is 0 Å². The molecule has 0 heterocycles. The predicted molar refractivity (Wildman–Crippen MR) is 259 cm³/mol. The van der Waals surface area contributed by atoms with Crippen molar-refractivity contribution in [1.82, 2.24) is 0 Å². The molecule has 8 heteroatoms. The van der Waals surface area contributed by atoms with Crippen LogP contribution in [0.5, 0.6) is 17.2 Å². The van der Waals surface area contributed by atoms with Crippen molar-refractivity contribution in [1.29, 1.82) is 0 Å². The Hall–Kier alpha value is -7.51. The zero-order valence-corrected chi connectivity index (χ0v) is 37.0. The zero-order chi connectivity index (χ0) is 44.6. The summed E-state index contributed by atoms with van der Waals surface area (Å²) >= 11 is 0. The van der Waals surface area contributed by atoms with Gasteiger partial charge in [-0.05, 0) is 107 Å². The summed E-state index contributed by atoms with van der Waals surface area (Å²) < 4.78 is 32.5. The van der Waals surface area contributed by atoms with Gasteiger partial charge in [-0.3, -0.25) is 0 Å². The Morgan fingerprint density at radius 2 is 0.523 bits per heavy atom. The lowest BCUT2D eigenvalue weighted by atomic mass is 9.93. The van der Waals surface area contributed by atoms with Crippen LogP contribution >= 0.6 is 7.82 Å². The van der Waals surface area contributed by atoms with Gasteiger partial charge in [-0.2, -0.15) is 0 Å². The van der Waals surface area contributed by atoms with E-state index in [0.717, 1.165) is 66.8 Å². The Morgan fingerprint density at radius 1 is 0.277 bits per heavy atom. The Morgan fingerprint density at radius 3 is 0.800 bits per heavy atom. The van der Waals surface area contributed by atoms with Crippen LogP contribution in [0.15, 0.2) is 218 Å². The molecular weight excluding hydrogens is 828 g/mol. The third-order valence-corrected chi connectivity index (χ3v) is 11.7. The smallest absolute Gasteiger partial charge is 0.326 e. The lowest BCUT2D eigenvalue weighted by molar-refractivity contribution is -0.237. The molecule has 0 bridgehead atoms. The van der Waals surface area contributed by atoms with E-state index in [2.05, 4.69) is 0 Å². The van der Waals surface area contributed by atoms with Gasteiger partial charge in [0.1, 0.15) is 0 Å². The standard InChI is InChI=1S/C57H45O7P/c1-40-31-34-55(52(37-40)49-28-16-13-25-46(49)43-19-7-4-8-20-43)59-62-65(58,63-60-56-35-32-41(2)38-53(56)50-29-17-14-26-47(50)44-21-9-5-10-22-44)64-61-57-36-33-42(3)39-54(57)51-30-18-15-27-48(51)45-23-11-6-12-24-45/h4-39H,1-3H3. The Kier molecular flexibility index (Phi) is 12.8. The highest BCUT2D eigenvalue weighted by Crippen LogP contribution is 2.53. The first-order valence-corrected chi connectivity index (χ1v) is 22.7. The highest BCUT2D eigenvalue weighted by Gasteiger charge is 2.37. The predicted octanol–water partition coefficient (Wildman–Crippen LogP) is 16.1. The van der Waals surface area contributed by atoms with Crippen molar-refractivity contribution in [2.24, 2.45) is 0 Å². The van der Waals surface area contributed by atoms with Crippen LogP contribution in [0.4, 0.5) is 0 Å². The Bertz CT molecular complexity index is 2780. The van der Waals surface area contributed by atoms with E-state index in [9.17, 15) is 0 Å². The molecule has 0 radical (unpaired) electrons. The van der Waals surface area contributed by atoms with E-state index in [0.29, 0.717) is 16.7 Å². The van der Waals surface area contributed by atoms with Crippen molar-refractivity contribution in [3.63, 3.8) is 0 Å². The minimum absolute atomic E-state index is 0.257. The average Bonchev–Trinajstić information content (AvgIpc) is 3.36. The van der Waals surface area contributed by atoms with Gasteiger partial charge in [0.15, 0.2) is 17.2 Å². The van der Waals surface area contributed by atoms with Gasteiger partial charge in [-0.1, -0.05) is 213 Å². The maximum absolute atomic E-state index is 15.1. The third-order valence-electron chi connectivity index (χ3n) is 11.0. The van der Waals surface area contributed by atoms with E-state index < -0.39 is 7.82 Å². The first-order chi connectivity index (χ1) is 31.8. The normalized spacial score (nSPS) is 11.2. The average molecular weight is 873 g/mol. The van der Waals surface area contributed by atoms with E-state index in [1.54, 1.807) is 18.2 Å². The summed E-state index contributed by atoms with van der Waals surface area (Å²) in [4.78, 5) is 18.1. The van der Waals surface area contributed by atoms with Crippen LogP contribution in [-0.4, -0.2) is 0 Å². The van der Waals surface area contributed by atoms with Crippen molar-refractivity contribution < 1.29 is 33.3 Å². The third kappa shape index (κ3) is 9.85. The van der Waals surface area contributed by atoms with Gasteiger partial charge in [0.05, 0.1) is 0 Å². The first-order valence-electron chi connectivity index (χ1n) is 21.3. The molecule has 0 fully saturated rings. The van der Waals surface area contributed by atoms with Gasteiger partial charge in [0.2, 0.25) is 0 Å². The Labute approximate surface area is 379 Å². The molecule has 0 unspecified atom stereocenters. The minimum atomic E-state index is -4.96. The summed E-state index contributed by atoms with van der Waals surface area (Å²) in [7, 11) is -4.96. The van der Waals surface area contributed by atoms with Gasteiger partial charge in [-0.25, -0.2) is 4.57 Å². The fourth-order valence-corrected chi connectivity index (χ4v) is 8.43. The molecule has 9 aromatic rings. The molecule has 9 aromatic carbocycles. The van der Waals surface area contributed by atoms with Gasteiger partial charge in [0, 0.05) is 16.7 Å². The number of hydrogen-bond acceptors (Lipinski definition) is 7. The second-order valence-corrected chi connectivity index (χ2v) is 17.0. The van der Waals surface area contributed by atoms with Crippen molar-refractivity contribution in [2.45, 2.75) is 20.8 Å². The molecule has 0 aliphatic carbocycles. The molecule has 0 aliphatic heterocycles. The molecule has 65 heavy (non-hydrogen) atoms. The molecule has 0 spiro atoms. The summed E-state index contributed by atoms with van der Waals surface area (Å²) in [5, 5.41) is 0. The minimum Gasteiger partial charge on any atom is -0.326 e. The van der Waals surface area contributed by atoms with Crippen LogP contribution in [0.25, 0.3) is 66.8 Å². The second-order valence-electron chi connectivity index (χ2n) is 15.7. The van der Waals surface area contributed by atoms with E-state index in [4.69, 9.17) is 28.7 Å². The van der Waals surface area contributed by atoms with Crippen LogP contribution in [0, 0.1) is 20.8 Å². The molecule has 0 aliphatic rings. The number of phosphoric acid groups is 1. The molecule has 0 aromatic heterocycles. The van der Waals surface area contributed by atoms with Crippen LogP contribution in [0.1, 0.15) is 16.7 Å². The highest BCUT2D eigenvalue weighted by atomic mass is 31.2. The lowest BCUT2D eigenvalue weighted by Gasteiger charge is -2.20. The van der Waals surface area contributed by atoms with E-state index in [-0.39, 0.29) is 17.2 Å². The molecule has 320 valence electrons. The highest BCUT2D eigenvalue weighted by molar-refractivity contribution is 7.48. The summed E-state index contributed by atoms with van der Waals surface area (Å²) in [6.07, 6.45) is 0. The fraction of sp³-hybridized carbons (Fsp3) is 0.0526. The van der Waals surface area contributed by atoms with Crippen LogP contribution < -0.4 is 14.7 Å². The largest absolute Gasteiger partial charge is 0.583 e. The van der Waals surface area contributed by atoms with Crippen molar-refractivity contribution in [3.8, 4) is 84.0 Å². The zero-order valence-electron chi connectivity index (χ0n) is 36.1. The Balaban J connectivity index is 1.08. The van der Waals surface area contributed by atoms with Crippen LogP contribution in [0.2, 0.25) is 0 Å². The summed E-state index contributed by atoms with van der Waals surface area (Å²) in [5.41, 5.74) is 13.5. The number of aryl methyl sites for hydroxylation is 3. The summed E-state index contributed by atoms with van der Waals surface area (Å²) in [5.74, 6) is 0.770. The topological polar surface area (TPSA) is 72.5 Å². The number of benzene rings is 9. The molecule has 9 rings (SSSR count). The van der Waals surface area contributed by atoms with Crippen molar-refractivity contribution in [3.05, 3.63) is 235 Å². The number of rotatable bonds is 15. The first kappa shape index (κ1) is 42.8. The summed E-state index contributed by atoms with van der Waals surface area (Å²) in [6, 6.07) is 70.9.